The Morgan fingerprint density at radius 2 is 2.09 bits per heavy atom. The fraction of sp³-hybridized carbons (Fsp3) is 0.412. The second-order valence-corrected chi connectivity index (χ2v) is 6.08. The Morgan fingerprint density at radius 1 is 1.35 bits per heavy atom. The Balaban J connectivity index is 1.96. The average Bonchev–Trinajstić information content (AvgIpc) is 2.88. The van der Waals surface area contributed by atoms with E-state index in [1.165, 1.54) is 5.56 Å². The highest BCUT2D eigenvalue weighted by Crippen LogP contribution is 2.17. The summed E-state index contributed by atoms with van der Waals surface area (Å²) in [5.74, 6) is 0. The number of carbonyl (C=O) groups is 1. The Morgan fingerprint density at radius 3 is 2.65 bits per heavy atom. The Bertz CT molecular complexity index is 677. The average molecular weight is 315 g/mol. The summed E-state index contributed by atoms with van der Waals surface area (Å²) < 4.78 is 1.77. The van der Waals surface area contributed by atoms with Gasteiger partial charge < -0.3 is 15.5 Å². The van der Waals surface area contributed by atoms with Gasteiger partial charge in [0.2, 0.25) is 0 Å². The molecule has 0 aliphatic carbocycles. The molecule has 1 atom stereocenters. The molecule has 0 radical (unpaired) electrons. The number of urea groups is 1. The van der Waals surface area contributed by atoms with Crippen LogP contribution in [0.25, 0.3) is 0 Å². The lowest BCUT2D eigenvalue weighted by Gasteiger charge is -2.23. The number of carbonyl (C=O) groups excluding carboxylic acids is 1. The van der Waals surface area contributed by atoms with Crippen molar-refractivity contribution in [1.82, 2.24) is 20.0 Å². The number of rotatable bonds is 5. The first kappa shape index (κ1) is 17.0. The third-order valence-corrected chi connectivity index (χ3v) is 3.82. The Kier molecular flexibility index (Phi) is 5.39. The molecule has 0 unspecified atom stereocenters. The second-order valence-electron chi connectivity index (χ2n) is 6.08. The van der Waals surface area contributed by atoms with Gasteiger partial charge in [0.15, 0.2) is 0 Å². The summed E-state index contributed by atoms with van der Waals surface area (Å²) in [7, 11) is 5.86. The van der Waals surface area contributed by atoms with E-state index in [4.69, 9.17) is 0 Å². The fourth-order valence-corrected chi connectivity index (χ4v) is 2.52. The first-order valence-electron chi connectivity index (χ1n) is 7.64. The molecule has 0 saturated heterocycles. The smallest absolute Gasteiger partial charge is 0.319 e. The standard InChI is InChI=1S/C17H25N5O/c1-12-6-7-15(13(2)8-12)20-17(23)18-10-16(21(3)4)14-9-19-22(5)11-14/h6-9,11,16H,10H2,1-5H3,(H2,18,20,23)/t16-/m0/s1. The molecule has 2 rings (SSSR count). The molecule has 0 saturated carbocycles. The van der Waals surface area contributed by atoms with Crippen LogP contribution in [0.4, 0.5) is 10.5 Å². The van der Waals surface area contributed by atoms with Crippen molar-refractivity contribution in [2.75, 3.05) is 26.0 Å². The van der Waals surface area contributed by atoms with Crippen LogP contribution in [0.2, 0.25) is 0 Å². The van der Waals surface area contributed by atoms with Crippen LogP contribution >= 0.6 is 0 Å². The molecule has 2 N–H and O–H groups in total. The van der Waals surface area contributed by atoms with Crippen molar-refractivity contribution in [3.8, 4) is 0 Å². The number of amides is 2. The minimum Gasteiger partial charge on any atom is -0.336 e. The Hall–Kier alpha value is -2.34. The molecule has 0 fully saturated rings. The second kappa shape index (κ2) is 7.28. The molecule has 1 aromatic carbocycles. The van der Waals surface area contributed by atoms with Crippen LogP contribution in [0.15, 0.2) is 30.6 Å². The van der Waals surface area contributed by atoms with Gasteiger partial charge in [-0.15, -0.1) is 0 Å². The lowest BCUT2D eigenvalue weighted by Crippen LogP contribution is -2.36. The molecule has 2 amide bonds. The molecule has 6 heteroatoms. The maximum absolute atomic E-state index is 12.2. The summed E-state index contributed by atoms with van der Waals surface area (Å²) in [6, 6.07) is 5.84. The van der Waals surface area contributed by atoms with Gasteiger partial charge >= 0.3 is 6.03 Å². The summed E-state index contributed by atoms with van der Waals surface area (Å²) in [4.78, 5) is 14.2. The quantitative estimate of drug-likeness (QED) is 0.891. The van der Waals surface area contributed by atoms with Crippen molar-refractivity contribution in [3.63, 3.8) is 0 Å². The predicted molar refractivity (Wildman–Crippen MR) is 92.6 cm³/mol. The van der Waals surface area contributed by atoms with Crippen molar-refractivity contribution < 1.29 is 4.79 Å². The summed E-state index contributed by atoms with van der Waals surface area (Å²) in [5.41, 5.74) is 4.13. The summed E-state index contributed by atoms with van der Waals surface area (Å²) in [6.45, 7) is 4.53. The number of nitrogens with one attached hydrogen (secondary N) is 2. The zero-order chi connectivity index (χ0) is 17.0. The highest BCUT2D eigenvalue weighted by molar-refractivity contribution is 5.90. The zero-order valence-corrected chi connectivity index (χ0v) is 14.4. The van der Waals surface area contributed by atoms with E-state index in [0.29, 0.717) is 6.54 Å². The van der Waals surface area contributed by atoms with Gasteiger partial charge in [0.25, 0.3) is 0 Å². The van der Waals surface area contributed by atoms with Gasteiger partial charge in [-0.25, -0.2) is 4.79 Å². The van der Waals surface area contributed by atoms with Crippen molar-refractivity contribution in [2.45, 2.75) is 19.9 Å². The van der Waals surface area contributed by atoms with Crippen LogP contribution in [0.3, 0.4) is 0 Å². The molecule has 23 heavy (non-hydrogen) atoms. The van der Waals surface area contributed by atoms with Crippen LogP contribution in [0.5, 0.6) is 0 Å². The minimum atomic E-state index is -0.201. The first-order valence-corrected chi connectivity index (χ1v) is 7.64. The van der Waals surface area contributed by atoms with Crippen LogP contribution in [0, 0.1) is 13.8 Å². The van der Waals surface area contributed by atoms with Crippen LogP contribution < -0.4 is 10.6 Å². The van der Waals surface area contributed by atoms with Crippen LogP contribution in [0.1, 0.15) is 22.7 Å². The lowest BCUT2D eigenvalue weighted by molar-refractivity contribution is 0.243. The molecule has 124 valence electrons. The zero-order valence-electron chi connectivity index (χ0n) is 14.4. The number of hydrogen-bond acceptors (Lipinski definition) is 3. The lowest BCUT2D eigenvalue weighted by atomic mass is 10.1. The van der Waals surface area contributed by atoms with E-state index in [0.717, 1.165) is 16.8 Å². The van der Waals surface area contributed by atoms with E-state index in [9.17, 15) is 4.79 Å². The SMILES string of the molecule is Cc1ccc(NC(=O)NC[C@@H](c2cnn(C)c2)N(C)C)c(C)c1. The molecule has 0 aliphatic heterocycles. The van der Waals surface area contributed by atoms with Crippen molar-refractivity contribution in [2.24, 2.45) is 7.05 Å². The molecule has 2 aromatic rings. The van der Waals surface area contributed by atoms with Gasteiger partial charge in [0.1, 0.15) is 0 Å². The first-order chi connectivity index (χ1) is 10.9. The van der Waals surface area contributed by atoms with Gasteiger partial charge in [0, 0.05) is 31.0 Å². The molecule has 0 spiro atoms. The third kappa shape index (κ3) is 4.56. The van der Waals surface area contributed by atoms with Crippen molar-refractivity contribution in [1.29, 1.82) is 0 Å². The topological polar surface area (TPSA) is 62.2 Å². The van der Waals surface area contributed by atoms with Crippen LogP contribution in [-0.4, -0.2) is 41.4 Å². The van der Waals surface area contributed by atoms with Gasteiger partial charge in [-0.1, -0.05) is 17.7 Å². The van der Waals surface area contributed by atoms with E-state index in [2.05, 4.69) is 20.6 Å². The van der Waals surface area contributed by atoms with Gasteiger partial charge in [0.05, 0.1) is 12.2 Å². The van der Waals surface area contributed by atoms with E-state index in [1.807, 2.05) is 65.6 Å². The number of likely N-dealkylation sites (N-methyl/N-ethyl adjacent to an activating group) is 1. The summed E-state index contributed by atoms with van der Waals surface area (Å²) in [5, 5.41) is 10.0. The Labute approximate surface area is 137 Å². The largest absolute Gasteiger partial charge is 0.336 e. The molecular formula is C17H25N5O. The van der Waals surface area contributed by atoms with Gasteiger partial charge in [-0.3, -0.25) is 4.68 Å². The summed E-state index contributed by atoms with van der Waals surface area (Å²) in [6.07, 6.45) is 3.79. The number of anilines is 1. The number of hydrogen-bond donors (Lipinski definition) is 2. The molecule has 6 nitrogen and oxygen atoms in total. The number of aromatic nitrogens is 2. The monoisotopic (exact) mass is 315 g/mol. The molecule has 1 heterocycles. The highest BCUT2D eigenvalue weighted by Gasteiger charge is 2.17. The molecule has 0 bridgehead atoms. The molecular weight excluding hydrogens is 290 g/mol. The maximum Gasteiger partial charge on any atom is 0.319 e. The van der Waals surface area contributed by atoms with E-state index < -0.39 is 0 Å². The van der Waals surface area contributed by atoms with E-state index in [-0.39, 0.29) is 12.1 Å². The predicted octanol–water partition coefficient (Wildman–Crippen LogP) is 2.46. The highest BCUT2D eigenvalue weighted by atomic mass is 16.2. The third-order valence-electron chi connectivity index (χ3n) is 3.82. The van der Waals surface area contributed by atoms with Crippen LogP contribution in [-0.2, 0) is 7.05 Å². The minimum absolute atomic E-state index is 0.0774. The normalized spacial score (nSPS) is 12.3. The summed E-state index contributed by atoms with van der Waals surface area (Å²) >= 11 is 0. The van der Waals surface area contributed by atoms with E-state index in [1.54, 1.807) is 4.68 Å². The number of nitrogens with zero attached hydrogens (tertiary/aromatic N) is 3. The molecule has 1 aromatic heterocycles. The van der Waals surface area contributed by atoms with Crippen molar-refractivity contribution >= 4 is 11.7 Å². The molecule has 0 aliphatic rings. The fourth-order valence-electron chi connectivity index (χ4n) is 2.52. The van der Waals surface area contributed by atoms with E-state index >= 15 is 0 Å². The number of aryl methyl sites for hydroxylation is 3. The van der Waals surface area contributed by atoms with Gasteiger partial charge in [-0.05, 0) is 39.6 Å². The van der Waals surface area contributed by atoms with Gasteiger partial charge in [-0.2, -0.15) is 5.10 Å². The van der Waals surface area contributed by atoms with Crippen molar-refractivity contribution in [3.05, 3.63) is 47.3 Å². The maximum atomic E-state index is 12.2. The number of benzene rings is 1.